The van der Waals surface area contributed by atoms with Crippen molar-refractivity contribution in [3.8, 4) is 5.75 Å². The molecule has 158 valence electrons. The monoisotopic (exact) mass is 403 g/mol. The number of allylic oxidation sites excluding steroid dienone is 1. The molecule has 29 heavy (non-hydrogen) atoms. The number of carbonyl (C=O) groups is 3. The molecular formula is C22H29NO6. The minimum absolute atomic E-state index is 0.0310. The lowest BCUT2D eigenvalue weighted by atomic mass is 9.83. The number of esters is 2. The Bertz CT molecular complexity index is 798. The number of rotatable bonds is 8. The number of amides is 1. The van der Waals surface area contributed by atoms with Crippen LogP contribution in [0.25, 0.3) is 0 Å². The molecule has 1 heterocycles. The minimum atomic E-state index is -0.522. The first-order valence-electron chi connectivity index (χ1n) is 9.76. The number of methoxy groups -OCH3 is 1. The molecule has 1 aromatic rings. The maximum Gasteiger partial charge on any atom is 0.336 e. The van der Waals surface area contributed by atoms with Crippen molar-refractivity contribution >= 4 is 17.8 Å². The van der Waals surface area contributed by atoms with Gasteiger partial charge < -0.3 is 19.1 Å². The van der Waals surface area contributed by atoms with E-state index in [1.807, 2.05) is 32.0 Å². The second kappa shape index (κ2) is 10.1. The Morgan fingerprint density at radius 1 is 1.21 bits per heavy atom. The summed E-state index contributed by atoms with van der Waals surface area (Å²) in [7, 11) is 1.55. The highest BCUT2D eigenvalue weighted by Crippen LogP contribution is 2.40. The highest BCUT2D eigenvalue weighted by Gasteiger charge is 2.38. The standard InChI is InChI=1S/C22H29NO6/c1-6-28-20(25)12-23-15(4)21(22(26)29-13-14(2)3)17(11-19(23)24)16-9-7-8-10-18(16)27-5/h7-10,14,17H,6,11-13H2,1-5H3. The molecule has 2 rings (SSSR count). The van der Waals surface area contributed by atoms with Gasteiger partial charge in [-0.2, -0.15) is 0 Å². The zero-order valence-corrected chi connectivity index (χ0v) is 17.7. The molecule has 0 bridgehead atoms. The molecular weight excluding hydrogens is 374 g/mol. The number of carbonyl (C=O) groups excluding carboxylic acids is 3. The molecule has 0 aromatic heterocycles. The molecule has 1 aromatic carbocycles. The van der Waals surface area contributed by atoms with Crippen molar-refractivity contribution in [2.75, 3.05) is 26.9 Å². The summed E-state index contributed by atoms with van der Waals surface area (Å²) in [6.07, 6.45) is 0.0310. The van der Waals surface area contributed by atoms with E-state index in [4.69, 9.17) is 14.2 Å². The summed E-state index contributed by atoms with van der Waals surface area (Å²) < 4.78 is 15.9. The SMILES string of the molecule is CCOC(=O)CN1C(=O)CC(c2ccccc2OC)C(C(=O)OCC(C)C)=C1C. The van der Waals surface area contributed by atoms with Crippen LogP contribution < -0.4 is 4.74 Å². The Morgan fingerprint density at radius 3 is 2.52 bits per heavy atom. The van der Waals surface area contributed by atoms with Crippen LogP contribution in [0.5, 0.6) is 5.75 Å². The summed E-state index contributed by atoms with van der Waals surface area (Å²) in [5.74, 6) is -1.03. The van der Waals surface area contributed by atoms with Gasteiger partial charge in [-0.1, -0.05) is 32.0 Å². The number of ether oxygens (including phenoxy) is 3. The molecule has 7 heteroatoms. The van der Waals surface area contributed by atoms with Gasteiger partial charge in [-0.15, -0.1) is 0 Å². The lowest BCUT2D eigenvalue weighted by Crippen LogP contribution is -2.41. The molecule has 1 unspecified atom stereocenters. The molecule has 0 fully saturated rings. The Balaban J connectivity index is 2.49. The zero-order valence-electron chi connectivity index (χ0n) is 17.7. The van der Waals surface area contributed by atoms with Gasteiger partial charge in [0.15, 0.2) is 0 Å². The fraction of sp³-hybridized carbons (Fsp3) is 0.500. The first kappa shape index (κ1) is 22.5. The average Bonchev–Trinajstić information content (AvgIpc) is 2.69. The van der Waals surface area contributed by atoms with E-state index < -0.39 is 17.9 Å². The van der Waals surface area contributed by atoms with E-state index in [2.05, 4.69) is 0 Å². The Hall–Kier alpha value is -2.83. The Morgan fingerprint density at radius 2 is 1.90 bits per heavy atom. The third-order valence-electron chi connectivity index (χ3n) is 4.70. The van der Waals surface area contributed by atoms with Crippen LogP contribution >= 0.6 is 0 Å². The second-order valence-electron chi connectivity index (χ2n) is 7.27. The summed E-state index contributed by atoms with van der Waals surface area (Å²) in [6.45, 7) is 7.50. The van der Waals surface area contributed by atoms with E-state index >= 15 is 0 Å². The van der Waals surface area contributed by atoms with Gasteiger partial charge >= 0.3 is 11.9 Å². The summed E-state index contributed by atoms with van der Waals surface area (Å²) in [4.78, 5) is 39.1. The summed E-state index contributed by atoms with van der Waals surface area (Å²) in [6, 6.07) is 7.28. The van der Waals surface area contributed by atoms with E-state index in [1.165, 1.54) is 4.90 Å². The van der Waals surface area contributed by atoms with Crippen molar-refractivity contribution in [3.05, 3.63) is 41.1 Å². The highest BCUT2D eigenvalue weighted by molar-refractivity contribution is 5.97. The van der Waals surface area contributed by atoms with Gasteiger partial charge in [0, 0.05) is 23.6 Å². The number of hydrogen-bond donors (Lipinski definition) is 0. The van der Waals surface area contributed by atoms with Crippen LogP contribution in [0.4, 0.5) is 0 Å². The maximum atomic E-state index is 13.0. The number of benzene rings is 1. The Labute approximate surface area is 171 Å². The molecule has 1 aliphatic heterocycles. The summed E-state index contributed by atoms with van der Waals surface area (Å²) >= 11 is 0. The molecule has 1 atom stereocenters. The quantitative estimate of drug-likeness (QED) is 0.621. The first-order valence-corrected chi connectivity index (χ1v) is 9.76. The van der Waals surface area contributed by atoms with Gasteiger partial charge in [0.05, 0.1) is 25.9 Å². The molecule has 1 amide bonds. The van der Waals surface area contributed by atoms with Gasteiger partial charge in [0.25, 0.3) is 0 Å². The number of para-hydroxylation sites is 1. The lowest BCUT2D eigenvalue weighted by molar-refractivity contribution is -0.149. The van der Waals surface area contributed by atoms with Gasteiger partial charge in [-0.3, -0.25) is 9.59 Å². The molecule has 0 saturated heterocycles. The van der Waals surface area contributed by atoms with Gasteiger partial charge in [-0.25, -0.2) is 4.79 Å². The third kappa shape index (κ3) is 5.37. The topological polar surface area (TPSA) is 82.1 Å². The Kier molecular flexibility index (Phi) is 7.82. The van der Waals surface area contributed by atoms with E-state index in [1.54, 1.807) is 27.0 Å². The molecule has 0 spiro atoms. The largest absolute Gasteiger partial charge is 0.496 e. The molecule has 1 aliphatic rings. The average molecular weight is 403 g/mol. The summed E-state index contributed by atoms with van der Waals surface area (Å²) in [5, 5.41) is 0. The molecule has 0 radical (unpaired) electrons. The predicted octanol–water partition coefficient (Wildman–Crippen LogP) is 3.05. The third-order valence-corrected chi connectivity index (χ3v) is 4.70. The van der Waals surface area contributed by atoms with Crippen molar-refractivity contribution in [2.24, 2.45) is 5.92 Å². The van der Waals surface area contributed by atoms with Crippen molar-refractivity contribution in [3.63, 3.8) is 0 Å². The van der Waals surface area contributed by atoms with Crippen LogP contribution in [0.15, 0.2) is 35.5 Å². The number of hydrogen-bond acceptors (Lipinski definition) is 6. The van der Waals surface area contributed by atoms with Gasteiger partial charge in [-0.05, 0) is 25.8 Å². The van der Waals surface area contributed by atoms with E-state index in [0.29, 0.717) is 17.0 Å². The predicted molar refractivity (Wildman–Crippen MR) is 107 cm³/mol. The maximum absolute atomic E-state index is 13.0. The van der Waals surface area contributed by atoms with Crippen molar-refractivity contribution in [1.82, 2.24) is 4.90 Å². The lowest BCUT2D eigenvalue weighted by Gasteiger charge is -2.34. The first-order chi connectivity index (χ1) is 13.8. The van der Waals surface area contributed by atoms with E-state index in [9.17, 15) is 14.4 Å². The second-order valence-corrected chi connectivity index (χ2v) is 7.27. The number of nitrogens with zero attached hydrogens (tertiary/aromatic N) is 1. The summed E-state index contributed by atoms with van der Waals surface area (Å²) in [5.41, 5.74) is 1.49. The fourth-order valence-electron chi connectivity index (χ4n) is 3.34. The van der Waals surface area contributed by atoms with E-state index in [0.717, 1.165) is 5.56 Å². The van der Waals surface area contributed by atoms with Gasteiger partial charge in [0.2, 0.25) is 5.91 Å². The van der Waals surface area contributed by atoms with Crippen LogP contribution in [-0.4, -0.2) is 49.6 Å². The van der Waals surface area contributed by atoms with Crippen LogP contribution in [0.1, 0.15) is 45.6 Å². The van der Waals surface area contributed by atoms with Gasteiger partial charge in [0.1, 0.15) is 12.3 Å². The molecule has 0 aliphatic carbocycles. The molecule has 7 nitrogen and oxygen atoms in total. The van der Waals surface area contributed by atoms with Crippen LogP contribution in [0.3, 0.4) is 0 Å². The zero-order chi connectivity index (χ0) is 21.6. The smallest absolute Gasteiger partial charge is 0.336 e. The van der Waals surface area contributed by atoms with Crippen molar-refractivity contribution < 1.29 is 28.6 Å². The normalized spacial score (nSPS) is 16.8. The molecule has 0 N–H and O–H groups in total. The van der Waals surface area contributed by atoms with Crippen LogP contribution in [-0.2, 0) is 23.9 Å². The molecule has 0 saturated carbocycles. The van der Waals surface area contributed by atoms with E-state index in [-0.39, 0.29) is 38.0 Å². The minimum Gasteiger partial charge on any atom is -0.496 e. The van der Waals surface area contributed by atoms with Crippen LogP contribution in [0.2, 0.25) is 0 Å². The van der Waals surface area contributed by atoms with Crippen molar-refractivity contribution in [2.45, 2.75) is 40.0 Å². The van der Waals surface area contributed by atoms with Crippen molar-refractivity contribution in [1.29, 1.82) is 0 Å². The fourth-order valence-corrected chi connectivity index (χ4v) is 3.34. The highest BCUT2D eigenvalue weighted by atomic mass is 16.5. The van der Waals surface area contributed by atoms with Crippen LogP contribution in [0, 0.1) is 5.92 Å².